The van der Waals surface area contributed by atoms with Gasteiger partial charge >= 0.3 is 0 Å². The van der Waals surface area contributed by atoms with Crippen molar-refractivity contribution in [2.45, 2.75) is 13.0 Å². The monoisotopic (exact) mass is 353 g/mol. The van der Waals surface area contributed by atoms with Gasteiger partial charge in [-0.2, -0.15) is 0 Å². The molecule has 1 N–H and O–H groups in total. The van der Waals surface area contributed by atoms with E-state index < -0.39 is 0 Å². The average molecular weight is 354 g/mol. The lowest BCUT2D eigenvalue weighted by Gasteiger charge is -2.14. The predicted octanol–water partition coefficient (Wildman–Crippen LogP) is 5.13. The number of pyridine rings is 1. The molecule has 0 aliphatic rings. The fraction of sp³-hybridized carbons (Fsp3) is 0.190. The van der Waals surface area contributed by atoms with Gasteiger partial charge in [0.2, 0.25) is 0 Å². The van der Waals surface area contributed by atoms with Crippen molar-refractivity contribution in [2.24, 2.45) is 0 Å². The summed E-state index contributed by atoms with van der Waals surface area (Å²) >= 11 is 6.04. The number of aromatic nitrogens is 1. The third kappa shape index (κ3) is 4.45. The van der Waals surface area contributed by atoms with E-state index >= 15 is 0 Å². The highest BCUT2D eigenvalue weighted by molar-refractivity contribution is 6.31. The maximum absolute atomic E-state index is 9.47. The maximum atomic E-state index is 9.47. The smallest absolute Gasteiger partial charge is 0.106 e. The van der Waals surface area contributed by atoms with Crippen molar-refractivity contribution in [3.8, 4) is 0 Å². The molecule has 1 atom stereocenters. The number of fused-ring (bicyclic) bond motifs is 1. The van der Waals surface area contributed by atoms with E-state index in [-0.39, 0.29) is 12.7 Å². The molecular formula is C21H20ClNO2. The van der Waals surface area contributed by atoms with Gasteiger partial charge < -0.3 is 9.84 Å². The fourth-order valence-electron chi connectivity index (χ4n) is 2.70. The molecule has 0 aliphatic carbocycles. The number of ether oxygens (including phenoxy) is 1. The summed E-state index contributed by atoms with van der Waals surface area (Å²) in [4.78, 5) is 4.62. The Kier molecular flexibility index (Phi) is 5.82. The summed E-state index contributed by atoms with van der Waals surface area (Å²) in [5.74, 6) is 0. The molecule has 4 heteroatoms. The lowest BCUT2D eigenvalue weighted by molar-refractivity contribution is 0.0189. The molecule has 3 nitrogen and oxygen atoms in total. The number of benzene rings is 2. The minimum atomic E-state index is -0.292. The number of hydrogen-bond acceptors (Lipinski definition) is 3. The molecule has 0 saturated heterocycles. The molecule has 25 heavy (non-hydrogen) atoms. The number of aliphatic hydroxyl groups is 1. The second-order valence-electron chi connectivity index (χ2n) is 5.70. The van der Waals surface area contributed by atoms with E-state index in [1.54, 1.807) is 0 Å². The number of hydrogen-bond donors (Lipinski definition) is 1. The number of nitrogens with zero attached hydrogens (tertiary/aromatic N) is 1. The molecule has 3 rings (SSSR count). The molecule has 0 fully saturated rings. The molecule has 0 spiro atoms. The van der Waals surface area contributed by atoms with Crippen LogP contribution in [0, 0.1) is 0 Å². The quantitative estimate of drug-likeness (QED) is 0.668. The van der Waals surface area contributed by atoms with Gasteiger partial charge in [-0.05, 0) is 48.4 Å². The highest BCUT2D eigenvalue weighted by Crippen LogP contribution is 2.21. The van der Waals surface area contributed by atoms with Gasteiger partial charge in [0.15, 0.2) is 0 Å². The van der Waals surface area contributed by atoms with Crippen molar-refractivity contribution in [3.63, 3.8) is 0 Å². The highest BCUT2D eigenvalue weighted by Gasteiger charge is 2.09. The van der Waals surface area contributed by atoms with Crippen LogP contribution in [0.25, 0.3) is 23.1 Å². The Morgan fingerprint density at radius 1 is 1.12 bits per heavy atom. The first-order chi connectivity index (χ1) is 12.2. The zero-order valence-corrected chi connectivity index (χ0v) is 14.8. The van der Waals surface area contributed by atoms with Gasteiger partial charge in [-0.1, -0.05) is 48.0 Å². The van der Waals surface area contributed by atoms with E-state index in [0.717, 1.165) is 27.7 Å². The number of aliphatic hydroxyl groups excluding tert-OH is 1. The van der Waals surface area contributed by atoms with E-state index in [2.05, 4.69) is 4.98 Å². The topological polar surface area (TPSA) is 42.4 Å². The summed E-state index contributed by atoms with van der Waals surface area (Å²) in [5.41, 5.74) is 3.73. The highest BCUT2D eigenvalue weighted by atomic mass is 35.5. The van der Waals surface area contributed by atoms with Gasteiger partial charge in [-0.3, -0.25) is 0 Å². The van der Waals surface area contributed by atoms with E-state index in [4.69, 9.17) is 16.3 Å². The Hall–Kier alpha value is -2.20. The van der Waals surface area contributed by atoms with Gasteiger partial charge in [0.05, 0.1) is 17.8 Å². The minimum Gasteiger partial charge on any atom is -0.393 e. The Balaban J connectivity index is 1.84. The molecule has 128 valence electrons. The van der Waals surface area contributed by atoms with Crippen LogP contribution in [0.4, 0.5) is 0 Å². The second kappa shape index (κ2) is 8.26. The number of rotatable bonds is 6. The maximum Gasteiger partial charge on any atom is 0.106 e. The Bertz CT molecular complexity index is 892. The van der Waals surface area contributed by atoms with E-state index in [1.807, 2.05) is 73.7 Å². The zero-order chi connectivity index (χ0) is 17.6. The van der Waals surface area contributed by atoms with Crippen molar-refractivity contribution in [3.05, 3.63) is 76.4 Å². The van der Waals surface area contributed by atoms with Crippen molar-refractivity contribution in [1.82, 2.24) is 4.98 Å². The first kappa shape index (κ1) is 17.6. The Labute approximate surface area is 152 Å². The van der Waals surface area contributed by atoms with Crippen molar-refractivity contribution < 1.29 is 9.84 Å². The number of halogens is 1. The largest absolute Gasteiger partial charge is 0.393 e. The van der Waals surface area contributed by atoms with Crippen LogP contribution in [0.1, 0.15) is 29.8 Å². The van der Waals surface area contributed by atoms with Gasteiger partial charge in [0.1, 0.15) is 6.10 Å². The van der Waals surface area contributed by atoms with Gasteiger partial charge in [0, 0.05) is 17.0 Å². The summed E-state index contributed by atoms with van der Waals surface area (Å²) in [6.45, 7) is 2.45. The van der Waals surface area contributed by atoms with Crippen LogP contribution in [0.5, 0.6) is 0 Å². The molecule has 0 saturated carbocycles. The van der Waals surface area contributed by atoms with Crippen LogP contribution >= 0.6 is 11.6 Å². The molecule has 1 heterocycles. The van der Waals surface area contributed by atoms with Crippen molar-refractivity contribution in [1.29, 1.82) is 0 Å². The van der Waals surface area contributed by atoms with E-state index in [1.165, 1.54) is 0 Å². The second-order valence-corrected chi connectivity index (χ2v) is 6.14. The van der Waals surface area contributed by atoms with Crippen molar-refractivity contribution >= 4 is 34.7 Å². The fourth-order valence-corrected chi connectivity index (χ4v) is 2.87. The molecule has 0 bridgehead atoms. The Morgan fingerprint density at radius 2 is 1.96 bits per heavy atom. The SMILES string of the molecule is CCOC(CO)c1cccc(C=Cc2ccc3ccc(Cl)cc3n2)c1. The van der Waals surface area contributed by atoms with Crippen LogP contribution in [-0.2, 0) is 4.74 Å². The normalized spacial score (nSPS) is 12.8. The summed E-state index contributed by atoms with van der Waals surface area (Å²) in [6.07, 6.45) is 3.68. The molecule has 2 aromatic carbocycles. The molecule has 3 aromatic rings. The summed E-state index contributed by atoms with van der Waals surface area (Å²) < 4.78 is 5.56. The third-order valence-electron chi connectivity index (χ3n) is 3.94. The summed E-state index contributed by atoms with van der Waals surface area (Å²) in [7, 11) is 0. The van der Waals surface area contributed by atoms with Gasteiger partial charge in [-0.15, -0.1) is 0 Å². The first-order valence-electron chi connectivity index (χ1n) is 8.26. The lowest BCUT2D eigenvalue weighted by Crippen LogP contribution is -2.08. The molecular weight excluding hydrogens is 334 g/mol. The molecule has 0 amide bonds. The molecule has 0 aliphatic heterocycles. The van der Waals surface area contributed by atoms with Crippen LogP contribution in [-0.4, -0.2) is 23.3 Å². The first-order valence-corrected chi connectivity index (χ1v) is 8.64. The molecule has 1 unspecified atom stereocenters. The molecule has 1 aromatic heterocycles. The lowest BCUT2D eigenvalue weighted by atomic mass is 10.1. The standard InChI is InChI=1S/C21H20ClNO2/c1-2-25-21(14-24)17-5-3-4-15(12-17)6-10-19-11-8-16-7-9-18(22)13-20(16)23-19/h3-13,21,24H,2,14H2,1H3. The van der Waals surface area contributed by atoms with E-state index in [9.17, 15) is 5.11 Å². The Morgan fingerprint density at radius 3 is 2.76 bits per heavy atom. The minimum absolute atomic E-state index is 0.0337. The summed E-state index contributed by atoms with van der Waals surface area (Å²) in [6, 6.07) is 17.7. The van der Waals surface area contributed by atoms with Gasteiger partial charge in [0.25, 0.3) is 0 Å². The van der Waals surface area contributed by atoms with Crippen molar-refractivity contribution in [2.75, 3.05) is 13.2 Å². The zero-order valence-electron chi connectivity index (χ0n) is 14.0. The summed E-state index contributed by atoms with van der Waals surface area (Å²) in [5, 5.41) is 11.2. The van der Waals surface area contributed by atoms with Gasteiger partial charge in [-0.25, -0.2) is 4.98 Å². The van der Waals surface area contributed by atoms with Crippen LogP contribution in [0.15, 0.2) is 54.6 Å². The average Bonchev–Trinajstić information content (AvgIpc) is 2.64. The van der Waals surface area contributed by atoms with Crippen LogP contribution in [0.3, 0.4) is 0 Å². The van der Waals surface area contributed by atoms with E-state index in [0.29, 0.717) is 11.6 Å². The predicted molar refractivity (Wildman–Crippen MR) is 104 cm³/mol. The van der Waals surface area contributed by atoms with Crippen LogP contribution < -0.4 is 0 Å². The third-order valence-corrected chi connectivity index (χ3v) is 4.17. The van der Waals surface area contributed by atoms with Crippen LogP contribution in [0.2, 0.25) is 5.02 Å². The molecule has 0 radical (unpaired) electrons.